The van der Waals surface area contributed by atoms with Gasteiger partial charge in [0.05, 0.1) is 18.8 Å². The highest BCUT2D eigenvalue weighted by Crippen LogP contribution is 2.56. The number of fused-ring (bicyclic) bond motifs is 2. The van der Waals surface area contributed by atoms with Gasteiger partial charge in [-0.2, -0.15) is 0 Å². The Kier molecular flexibility index (Phi) is 11.7. The molecule has 2 amide bonds. The Balaban J connectivity index is 1.21. The smallest absolute Gasteiger partial charge is 0.255 e. The number of ether oxygens (including phenoxy) is 1. The molecule has 0 bridgehead atoms. The second-order valence-electron chi connectivity index (χ2n) is 18.5. The van der Waals surface area contributed by atoms with Crippen LogP contribution >= 0.6 is 0 Å². The molecule has 59 heavy (non-hydrogen) atoms. The fourth-order valence-corrected chi connectivity index (χ4v) is 9.56. The van der Waals surface area contributed by atoms with E-state index in [1.165, 1.54) is 19.3 Å². The van der Waals surface area contributed by atoms with Crippen molar-refractivity contribution >= 4 is 34.6 Å². The number of carbonyl (C=O) groups is 2. The van der Waals surface area contributed by atoms with E-state index < -0.39 is 24.0 Å². The topological polar surface area (TPSA) is 114 Å². The summed E-state index contributed by atoms with van der Waals surface area (Å²) in [6.07, 6.45) is 3.77. The summed E-state index contributed by atoms with van der Waals surface area (Å²) in [4.78, 5) is 32.1. The zero-order valence-electron chi connectivity index (χ0n) is 36.6. The summed E-state index contributed by atoms with van der Waals surface area (Å²) < 4.78 is 5.96. The van der Waals surface area contributed by atoms with Crippen molar-refractivity contribution in [1.82, 2.24) is 0 Å². The number of anilines is 4. The van der Waals surface area contributed by atoms with Gasteiger partial charge in [-0.15, -0.1) is 0 Å². The Morgan fingerprint density at radius 3 is 1.53 bits per heavy atom. The molecular weight excluding hydrogens is 737 g/mol. The van der Waals surface area contributed by atoms with Crippen molar-refractivity contribution in [2.45, 2.75) is 134 Å². The zero-order valence-corrected chi connectivity index (χ0v) is 36.6. The molecule has 3 aliphatic rings. The van der Waals surface area contributed by atoms with Crippen molar-refractivity contribution in [3.05, 3.63) is 112 Å². The third-order valence-electron chi connectivity index (χ3n) is 14.4. The zero-order chi connectivity index (χ0) is 42.6. The normalized spacial score (nSPS) is 23.7. The molecule has 0 saturated heterocycles. The monoisotopic (exact) mass is 800 g/mol. The number of nitrogens with zero attached hydrogens (tertiary/aromatic N) is 2. The van der Waals surface area contributed by atoms with E-state index in [4.69, 9.17) is 4.74 Å². The predicted octanol–water partition coefficient (Wildman–Crippen LogP) is 9.68. The van der Waals surface area contributed by atoms with Crippen LogP contribution in [0.1, 0.15) is 141 Å². The lowest BCUT2D eigenvalue weighted by Crippen LogP contribution is -2.52. The first-order chi connectivity index (χ1) is 28.0. The third-order valence-corrected chi connectivity index (χ3v) is 14.4. The van der Waals surface area contributed by atoms with Crippen molar-refractivity contribution in [1.29, 1.82) is 0 Å². The number of aliphatic hydroxyl groups excluding tert-OH is 2. The maximum atomic E-state index is 14.0. The second-order valence-corrected chi connectivity index (χ2v) is 18.5. The maximum absolute atomic E-state index is 14.0. The molecule has 314 valence electrons. The summed E-state index contributed by atoms with van der Waals surface area (Å²) in [7, 11) is 4.13. The largest absolute Gasteiger partial charge is 0.494 e. The molecule has 4 atom stereocenters. The molecular formula is C50H64N4O5. The molecule has 1 saturated carbocycles. The van der Waals surface area contributed by atoms with Gasteiger partial charge < -0.3 is 35.4 Å². The Bertz CT molecular complexity index is 2190. The number of hydrogen-bond acceptors (Lipinski definition) is 7. The van der Waals surface area contributed by atoms with Gasteiger partial charge in [0.15, 0.2) is 0 Å². The quantitative estimate of drug-likeness (QED) is 0.0997. The van der Waals surface area contributed by atoms with E-state index in [9.17, 15) is 19.8 Å². The molecule has 9 heteroatoms. The number of rotatable bonds is 13. The summed E-state index contributed by atoms with van der Waals surface area (Å²) in [5.41, 5.74) is 8.33. The van der Waals surface area contributed by atoms with Crippen LogP contribution in [0.15, 0.2) is 72.8 Å². The average molecular weight is 801 g/mol. The summed E-state index contributed by atoms with van der Waals surface area (Å²) in [5.74, 6) is -1.21. The highest BCUT2D eigenvalue weighted by Gasteiger charge is 2.54. The molecule has 1 aliphatic carbocycles. The minimum atomic E-state index is -1.01. The van der Waals surface area contributed by atoms with Crippen LogP contribution in [0.5, 0.6) is 5.75 Å². The first-order valence-corrected chi connectivity index (χ1v) is 21.6. The van der Waals surface area contributed by atoms with Crippen LogP contribution in [-0.4, -0.2) is 67.0 Å². The molecule has 0 spiro atoms. The Morgan fingerprint density at radius 1 is 0.661 bits per heavy atom. The number of likely N-dealkylation sites (N-methyl/N-ethyl adjacent to an activating group) is 2. The number of amides is 2. The van der Waals surface area contributed by atoms with Crippen molar-refractivity contribution < 1.29 is 24.5 Å². The third kappa shape index (κ3) is 7.61. The molecule has 2 heterocycles. The summed E-state index contributed by atoms with van der Waals surface area (Å²) >= 11 is 0. The van der Waals surface area contributed by atoms with Crippen LogP contribution in [0.3, 0.4) is 0 Å². The molecule has 4 unspecified atom stereocenters. The fraction of sp³-hybridized carbons (Fsp3) is 0.480. The Hall–Kier alpha value is -4.86. The molecule has 7 rings (SSSR count). The van der Waals surface area contributed by atoms with Gasteiger partial charge in [-0.05, 0) is 98.0 Å². The van der Waals surface area contributed by atoms with E-state index in [1.54, 1.807) is 24.3 Å². The van der Waals surface area contributed by atoms with Crippen LogP contribution in [0.2, 0.25) is 0 Å². The standard InChI is InChI=1S/C50H64N4O5/c1-11-12-13-14-15-24-59-34-22-20-33(21-23-34)48(58)52-40-28-42-38(50(7,8)31(4)54(42)10)26-36(40)44-45(55)43(46(44)56)35-25-37-41(53(9)30(3)49(37,5)6)27-39(35)51-47(57)32-18-16-29(2)17-19-32/h16-23,25-28,30-31,43-46,55-56H,11-15,24H2,1-10H3,(H,51,57)(H,52,58). The van der Waals surface area contributed by atoms with Crippen molar-refractivity contribution in [3.63, 3.8) is 0 Å². The van der Waals surface area contributed by atoms with Crippen LogP contribution in [0.4, 0.5) is 22.7 Å². The van der Waals surface area contributed by atoms with Gasteiger partial charge in [0.25, 0.3) is 11.8 Å². The molecule has 4 N–H and O–H groups in total. The number of aryl methyl sites for hydroxylation is 1. The van der Waals surface area contributed by atoms with Gasteiger partial charge in [0, 0.05) is 82.7 Å². The first kappa shape index (κ1) is 42.3. The minimum absolute atomic E-state index is 0.175. The van der Waals surface area contributed by atoms with Crippen molar-refractivity contribution in [2.75, 3.05) is 41.1 Å². The Labute approximate surface area is 351 Å². The summed E-state index contributed by atoms with van der Waals surface area (Å²) in [6.45, 7) is 18.0. The van der Waals surface area contributed by atoms with E-state index >= 15 is 0 Å². The lowest BCUT2D eigenvalue weighted by atomic mass is 9.61. The van der Waals surface area contributed by atoms with Gasteiger partial charge in [-0.3, -0.25) is 9.59 Å². The number of carbonyl (C=O) groups excluding carboxylic acids is 2. The average Bonchev–Trinajstić information content (AvgIpc) is 3.48. The number of nitrogens with one attached hydrogen (secondary N) is 2. The SMILES string of the molecule is CCCCCCCOc1ccc(C(=O)Nc2cc3c(cc2C2C(O)C(c4cc5c(cc4NC(=O)c4ccc(C)cc4)N(C)C(C)C5(C)C)C2O)C(C)(C)C(C)N3C)cc1. The molecule has 4 aromatic rings. The van der Waals surface area contributed by atoms with E-state index in [2.05, 4.69) is 95.1 Å². The summed E-state index contributed by atoms with van der Waals surface area (Å²) in [5, 5.41) is 31.0. The van der Waals surface area contributed by atoms with Gasteiger partial charge >= 0.3 is 0 Å². The minimum Gasteiger partial charge on any atom is -0.494 e. The molecule has 2 aliphatic heterocycles. The summed E-state index contributed by atoms with van der Waals surface area (Å²) in [6, 6.07) is 23.2. The van der Waals surface area contributed by atoms with Gasteiger partial charge in [-0.25, -0.2) is 0 Å². The highest BCUT2D eigenvalue weighted by molar-refractivity contribution is 6.06. The van der Waals surface area contributed by atoms with Crippen LogP contribution in [0.25, 0.3) is 0 Å². The van der Waals surface area contributed by atoms with Crippen molar-refractivity contribution in [3.8, 4) is 5.75 Å². The predicted molar refractivity (Wildman–Crippen MR) is 240 cm³/mol. The second kappa shape index (κ2) is 16.3. The van der Waals surface area contributed by atoms with Gasteiger partial charge in [0.1, 0.15) is 5.75 Å². The molecule has 0 radical (unpaired) electrons. The number of unbranched alkanes of at least 4 members (excludes halogenated alkanes) is 4. The first-order valence-electron chi connectivity index (χ1n) is 21.6. The lowest BCUT2D eigenvalue weighted by Gasteiger charge is -2.48. The fourth-order valence-electron chi connectivity index (χ4n) is 9.56. The van der Waals surface area contributed by atoms with Crippen LogP contribution < -0.4 is 25.2 Å². The van der Waals surface area contributed by atoms with E-state index in [0.29, 0.717) is 40.2 Å². The van der Waals surface area contributed by atoms with E-state index in [-0.39, 0.29) is 34.7 Å². The number of benzene rings is 4. The van der Waals surface area contributed by atoms with E-state index in [1.807, 2.05) is 43.3 Å². The van der Waals surface area contributed by atoms with E-state index in [0.717, 1.165) is 46.7 Å². The van der Waals surface area contributed by atoms with Crippen molar-refractivity contribution in [2.24, 2.45) is 0 Å². The lowest BCUT2D eigenvalue weighted by molar-refractivity contribution is -0.0781. The van der Waals surface area contributed by atoms with Gasteiger partial charge in [0.2, 0.25) is 0 Å². The molecule has 0 aromatic heterocycles. The van der Waals surface area contributed by atoms with Crippen LogP contribution in [-0.2, 0) is 10.8 Å². The van der Waals surface area contributed by atoms with Gasteiger partial charge in [-0.1, -0.05) is 90.1 Å². The Morgan fingerprint density at radius 2 is 1.08 bits per heavy atom. The maximum Gasteiger partial charge on any atom is 0.255 e. The molecule has 1 fully saturated rings. The highest BCUT2D eigenvalue weighted by atomic mass is 16.5. The number of hydrogen-bond donors (Lipinski definition) is 4. The van der Waals surface area contributed by atoms with Crippen LogP contribution in [0, 0.1) is 6.92 Å². The molecule has 4 aromatic carbocycles. The number of aliphatic hydroxyl groups is 2. The molecule has 9 nitrogen and oxygen atoms in total.